The number of oxazole rings is 1. The minimum atomic E-state index is -0.411. The Labute approximate surface area is 186 Å². The van der Waals surface area contributed by atoms with Crippen LogP contribution in [0.25, 0.3) is 22.6 Å². The quantitative estimate of drug-likeness (QED) is 0.351. The number of aromatic nitrogens is 1. The van der Waals surface area contributed by atoms with E-state index in [-0.39, 0.29) is 5.91 Å². The number of amides is 1. The number of rotatable bonds is 5. The van der Waals surface area contributed by atoms with Crippen LogP contribution in [0.15, 0.2) is 108 Å². The highest BCUT2D eigenvalue weighted by molar-refractivity contribution is 5.99. The fourth-order valence-electron chi connectivity index (χ4n) is 3.90. The summed E-state index contributed by atoms with van der Waals surface area (Å²) in [5, 5.41) is 3.06. The standard InChI is InChI=1S/C28H22N2O2/c1-19-9-8-14-22(17-19)28-30-24-16-15-23(18-25(24)32-28)29-27(31)26(20-10-4-2-5-11-20)21-12-6-3-7-13-21/h2-18,26H,1H3,(H,29,31). The summed E-state index contributed by atoms with van der Waals surface area (Å²) >= 11 is 0. The van der Waals surface area contributed by atoms with Gasteiger partial charge in [-0.05, 0) is 42.3 Å². The molecule has 0 aliphatic carbocycles. The fourth-order valence-corrected chi connectivity index (χ4v) is 3.90. The van der Waals surface area contributed by atoms with E-state index >= 15 is 0 Å². The minimum absolute atomic E-state index is 0.0971. The number of nitrogens with one attached hydrogen (secondary N) is 1. The second-order valence-electron chi connectivity index (χ2n) is 7.81. The van der Waals surface area contributed by atoms with Crippen LogP contribution < -0.4 is 5.32 Å². The van der Waals surface area contributed by atoms with Crippen molar-refractivity contribution in [1.29, 1.82) is 0 Å². The Hall–Kier alpha value is -4.18. The number of nitrogens with zero attached hydrogens (tertiary/aromatic N) is 1. The first kappa shape index (κ1) is 19.8. The lowest BCUT2D eigenvalue weighted by Crippen LogP contribution is -2.22. The van der Waals surface area contributed by atoms with Crippen LogP contribution >= 0.6 is 0 Å². The molecule has 4 aromatic carbocycles. The molecular formula is C28H22N2O2. The van der Waals surface area contributed by atoms with Crippen LogP contribution in [0.2, 0.25) is 0 Å². The molecule has 0 unspecified atom stereocenters. The van der Waals surface area contributed by atoms with Crippen LogP contribution in [0.3, 0.4) is 0 Å². The van der Waals surface area contributed by atoms with Gasteiger partial charge in [-0.15, -0.1) is 0 Å². The Kier molecular flexibility index (Phi) is 5.26. The van der Waals surface area contributed by atoms with E-state index in [9.17, 15) is 4.79 Å². The number of aryl methyl sites for hydroxylation is 1. The molecule has 1 aromatic heterocycles. The maximum atomic E-state index is 13.4. The number of anilines is 1. The molecule has 1 N–H and O–H groups in total. The zero-order chi connectivity index (χ0) is 21.9. The van der Waals surface area contributed by atoms with E-state index in [4.69, 9.17) is 4.42 Å². The van der Waals surface area contributed by atoms with Gasteiger partial charge in [-0.3, -0.25) is 4.79 Å². The Morgan fingerprint density at radius 3 is 2.16 bits per heavy atom. The van der Waals surface area contributed by atoms with Crippen molar-refractivity contribution in [1.82, 2.24) is 4.98 Å². The molecule has 0 fully saturated rings. The van der Waals surface area contributed by atoms with Gasteiger partial charge in [0.15, 0.2) is 5.58 Å². The predicted octanol–water partition coefficient (Wildman–Crippen LogP) is 6.57. The van der Waals surface area contributed by atoms with Gasteiger partial charge >= 0.3 is 0 Å². The SMILES string of the molecule is Cc1cccc(-c2nc3ccc(NC(=O)C(c4ccccc4)c4ccccc4)cc3o2)c1. The third-order valence-corrected chi connectivity index (χ3v) is 5.45. The highest BCUT2D eigenvalue weighted by Gasteiger charge is 2.23. The molecule has 0 spiro atoms. The Balaban J connectivity index is 1.45. The number of carbonyl (C=O) groups excluding carboxylic acids is 1. The molecule has 0 radical (unpaired) electrons. The molecule has 32 heavy (non-hydrogen) atoms. The molecule has 0 saturated heterocycles. The largest absolute Gasteiger partial charge is 0.436 e. The van der Waals surface area contributed by atoms with E-state index in [1.807, 2.05) is 110 Å². The van der Waals surface area contributed by atoms with E-state index < -0.39 is 5.92 Å². The third kappa shape index (κ3) is 4.03. The second-order valence-corrected chi connectivity index (χ2v) is 7.81. The molecular weight excluding hydrogens is 396 g/mol. The molecule has 1 heterocycles. The molecule has 1 amide bonds. The first-order chi connectivity index (χ1) is 15.7. The van der Waals surface area contributed by atoms with Crippen LogP contribution in [-0.2, 0) is 4.79 Å². The van der Waals surface area contributed by atoms with Crippen molar-refractivity contribution in [2.24, 2.45) is 0 Å². The normalized spacial score (nSPS) is 11.1. The Morgan fingerprint density at radius 1 is 0.812 bits per heavy atom. The van der Waals surface area contributed by atoms with E-state index in [0.717, 1.165) is 27.8 Å². The van der Waals surface area contributed by atoms with Gasteiger partial charge in [-0.2, -0.15) is 0 Å². The Bertz CT molecular complexity index is 1340. The van der Waals surface area contributed by atoms with Crippen molar-refractivity contribution in [3.63, 3.8) is 0 Å². The molecule has 0 aliphatic heterocycles. The predicted molar refractivity (Wildman–Crippen MR) is 128 cm³/mol. The lowest BCUT2D eigenvalue weighted by Gasteiger charge is -2.18. The molecule has 4 heteroatoms. The van der Waals surface area contributed by atoms with Crippen molar-refractivity contribution in [3.8, 4) is 11.5 Å². The summed E-state index contributed by atoms with van der Waals surface area (Å²) in [5.41, 5.74) is 6.02. The van der Waals surface area contributed by atoms with Gasteiger partial charge in [0.05, 0.1) is 5.92 Å². The number of carbonyl (C=O) groups is 1. The number of hydrogen-bond acceptors (Lipinski definition) is 3. The molecule has 156 valence electrons. The van der Waals surface area contributed by atoms with E-state index in [2.05, 4.69) is 10.3 Å². The number of hydrogen-bond donors (Lipinski definition) is 1. The summed E-state index contributed by atoms with van der Waals surface area (Å²) in [6.07, 6.45) is 0. The number of fused-ring (bicyclic) bond motifs is 1. The van der Waals surface area contributed by atoms with Gasteiger partial charge in [-0.25, -0.2) is 4.98 Å². The van der Waals surface area contributed by atoms with E-state index in [1.165, 1.54) is 0 Å². The van der Waals surface area contributed by atoms with Crippen LogP contribution in [0, 0.1) is 6.92 Å². The molecule has 0 aliphatic rings. The highest BCUT2D eigenvalue weighted by Crippen LogP contribution is 2.29. The van der Waals surface area contributed by atoms with Crippen molar-refractivity contribution in [2.45, 2.75) is 12.8 Å². The molecule has 5 rings (SSSR count). The second kappa shape index (κ2) is 8.52. The maximum absolute atomic E-state index is 13.4. The lowest BCUT2D eigenvalue weighted by atomic mass is 9.90. The van der Waals surface area contributed by atoms with Crippen LogP contribution in [-0.4, -0.2) is 10.9 Å². The van der Waals surface area contributed by atoms with Crippen molar-refractivity contribution >= 4 is 22.7 Å². The molecule has 0 atom stereocenters. The molecule has 0 bridgehead atoms. The van der Waals surface area contributed by atoms with Gasteiger partial charge in [0, 0.05) is 17.3 Å². The highest BCUT2D eigenvalue weighted by atomic mass is 16.3. The van der Waals surface area contributed by atoms with E-state index in [0.29, 0.717) is 17.2 Å². The summed E-state index contributed by atoms with van der Waals surface area (Å²) in [6, 6.07) is 33.2. The first-order valence-corrected chi connectivity index (χ1v) is 10.6. The summed E-state index contributed by atoms with van der Waals surface area (Å²) in [7, 11) is 0. The number of benzene rings is 4. The Morgan fingerprint density at radius 2 is 1.50 bits per heavy atom. The first-order valence-electron chi connectivity index (χ1n) is 10.6. The maximum Gasteiger partial charge on any atom is 0.236 e. The van der Waals surface area contributed by atoms with Crippen LogP contribution in [0.4, 0.5) is 5.69 Å². The third-order valence-electron chi connectivity index (χ3n) is 5.45. The van der Waals surface area contributed by atoms with Crippen LogP contribution in [0.1, 0.15) is 22.6 Å². The fraction of sp³-hybridized carbons (Fsp3) is 0.0714. The van der Waals surface area contributed by atoms with Crippen LogP contribution in [0.5, 0.6) is 0 Å². The van der Waals surface area contributed by atoms with Gasteiger partial charge in [0.2, 0.25) is 11.8 Å². The lowest BCUT2D eigenvalue weighted by molar-refractivity contribution is -0.116. The van der Waals surface area contributed by atoms with Gasteiger partial charge in [-0.1, -0.05) is 78.4 Å². The van der Waals surface area contributed by atoms with Crippen molar-refractivity contribution in [2.75, 3.05) is 5.32 Å². The average molecular weight is 418 g/mol. The van der Waals surface area contributed by atoms with Crippen molar-refractivity contribution < 1.29 is 9.21 Å². The molecule has 4 nitrogen and oxygen atoms in total. The topological polar surface area (TPSA) is 55.1 Å². The monoisotopic (exact) mass is 418 g/mol. The zero-order valence-electron chi connectivity index (χ0n) is 17.7. The molecule has 0 saturated carbocycles. The summed E-state index contributed by atoms with van der Waals surface area (Å²) in [6.45, 7) is 2.04. The smallest absolute Gasteiger partial charge is 0.236 e. The minimum Gasteiger partial charge on any atom is -0.436 e. The summed E-state index contributed by atoms with van der Waals surface area (Å²) in [5.74, 6) is 0.0597. The van der Waals surface area contributed by atoms with Gasteiger partial charge in [0.1, 0.15) is 5.52 Å². The summed E-state index contributed by atoms with van der Waals surface area (Å²) in [4.78, 5) is 18.0. The zero-order valence-corrected chi connectivity index (χ0v) is 17.7. The average Bonchev–Trinajstić information content (AvgIpc) is 3.24. The van der Waals surface area contributed by atoms with Gasteiger partial charge in [0.25, 0.3) is 0 Å². The summed E-state index contributed by atoms with van der Waals surface area (Å²) < 4.78 is 6.00. The van der Waals surface area contributed by atoms with Crippen molar-refractivity contribution in [3.05, 3.63) is 120 Å². The van der Waals surface area contributed by atoms with E-state index in [1.54, 1.807) is 0 Å². The molecule has 5 aromatic rings. The van der Waals surface area contributed by atoms with Gasteiger partial charge < -0.3 is 9.73 Å².